The lowest BCUT2D eigenvalue weighted by Gasteiger charge is -2.38. The van der Waals surface area contributed by atoms with Gasteiger partial charge in [-0.1, -0.05) is 0 Å². The second kappa shape index (κ2) is 11.6. The molecule has 0 radical (unpaired) electrons. The molecule has 44 heavy (non-hydrogen) atoms. The van der Waals surface area contributed by atoms with Gasteiger partial charge in [-0.25, -0.2) is 4.79 Å². The first kappa shape index (κ1) is 29.5. The van der Waals surface area contributed by atoms with E-state index in [1.807, 2.05) is 50.1 Å². The van der Waals surface area contributed by atoms with Crippen LogP contribution in [0.3, 0.4) is 0 Å². The first-order chi connectivity index (χ1) is 21.2. The minimum absolute atomic E-state index is 0.0371. The van der Waals surface area contributed by atoms with Crippen molar-refractivity contribution in [2.45, 2.75) is 89.4 Å². The number of thiophene rings is 1. The summed E-state index contributed by atoms with van der Waals surface area (Å²) in [7, 11) is 0. The van der Waals surface area contributed by atoms with Gasteiger partial charge in [0, 0.05) is 53.6 Å². The molecule has 1 aromatic carbocycles. The van der Waals surface area contributed by atoms with Crippen molar-refractivity contribution < 1.29 is 24.1 Å². The molecular formula is C34H40N4O5S. The monoisotopic (exact) mass is 616 g/mol. The van der Waals surface area contributed by atoms with E-state index in [0.29, 0.717) is 37.2 Å². The normalized spacial score (nSPS) is 26.3. The van der Waals surface area contributed by atoms with Crippen LogP contribution in [0.1, 0.15) is 74.8 Å². The van der Waals surface area contributed by atoms with Crippen molar-refractivity contribution in [1.82, 2.24) is 9.88 Å². The molecule has 5 atom stereocenters. The van der Waals surface area contributed by atoms with Crippen LogP contribution in [0.4, 0.5) is 10.5 Å². The number of aliphatic hydroxyl groups is 1. The zero-order chi connectivity index (χ0) is 30.6. The summed E-state index contributed by atoms with van der Waals surface area (Å²) in [5.41, 5.74) is 5.30. The number of carbonyl (C=O) groups is 1. The molecule has 9 nitrogen and oxygen atoms in total. The third-order valence-corrected chi connectivity index (χ3v) is 10.4. The zero-order valence-corrected chi connectivity index (χ0v) is 26.4. The van der Waals surface area contributed by atoms with Crippen LogP contribution in [0.15, 0.2) is 30.5 Å². The number of pyridine rings is 1. The van der Waals surface area contributed by atoms with E-state index in [4.69, 9.17) is 14.2 Å². The minimum atomic E-state index is -0.603. The van der Waals surface area contributed by atoms with Crippen molar-refractivity contribution in [2.75, 3.05) is 31.2 Å². The highest BCUT2D eigenvalue weighted by Crippen LogP contribution is 2.58. The Balaban J connectivity index is 1.26. The minimum Gasteiger partial charge on any atom is -0.444 e. The number of aliphatic hydroxyl groups excluding tert-OH is 1. The van der Waals surface area contributed by atoms with Gasteiger partial charge >= 0.3 is 6.09 Å². The van der Waals surface area contributed by atoms with E-state index in [2.05, 4.69) is 22.0 Å². The molecule has 5 heterocycles. The molecule has 0 unspecified atom stereocenters. The summed E-state index contributed by atoms with van der Waals surface area (Å²) in [5.74, 6) is 0.971. The number of fused-ring (bicyclic) bond motifs is 4. The Kier molecular flexibility index (Phi) is 7.78. The SMILES string of the molecule is CC(C)(C)OC(=O)N1C[C@H](N2C[C@@H]3C[C@H]3c3cc(C#N)cc(-c4ccnc5cc(CO)sc45)c32)C[C@@H]1CO[C@@H]1CCCCO1. The molecule has 10 heteroatoms. The summed E-state index contributed by atoms with van der Waals surface area (Å²) in [6, 6.07) is 10.4. The van der Waals surface area contributed by atoms with Crippen LogP contribution in [-0.2, 0) is 20.8 Å². The maximum absolute atomic E-state index is 13.6. The van der Waals surface area contributed by atoms with Gasteiger partial charge in [0.05, 0.1) is 41.1 Å². The fourth-order valence-corrected chi connectivity index (χ4v) is 8.20. The molecule has 4 aliphatic rings. The van der Waals surface area contributed by atoms with Crippen LogP contribution in [0, 0.1) is 17.2 Å². The molecular weight excluding hydrogens is 576 g/mol. The fourth-order valence-electron chi connectivity index (χ4n) is 7.19. The number of carbonyl (C=O) groups excluding carboxylic acids is 1. The van der Waals surface area contributed by atoms with Gasteiger partial charge < -0.3 is 29.1 Å². The quantitative estimate of drug-likeness (QED) is 0.350. The topological polar surface area (TPSA) is 108 Å². The maximum atomic E-state index is 13.6. The van der Waals surface area contributed by atoms with Gasteiger partial charge in [-0.2, -0.15) is 5.26 Å². The first-order valence-corrected chi connectivity index (χ1v) is 16.6. The van der Waals surface area contributed by atoms with Crippen molar-refractivity contribution in [3.05, 3.63) is 46.5 Å². The molecule has 7 rings (SSSR count). The maximum Gasteiger partial charge on any atom is 0.410 e. The van der Waals surface area contributed by atoms with Crippen LogP contribution in [0.25, 0.3) is 21.3 Å². The lowest BCUT2D eigenvalue weighted by Crippen LogP contribution is -2.44. The number of nitrogens with zero attached hydrogens (tertiary/aromatic N) is 4. The zero-order valence-electron chi connectivity index (χ0n) is 25.6. The number of amides is 1. The smallest absolute Gasteiger partial charge is 0.410 e. The number of hydrogen-bond acceptors (Lipinski definition) is 9. The van der Waals surface area contributed by atoms with E-state index in [1.165, 1.54) is 5.56 Å². The summed E-state index contributed by atoms with van der Waals surface area (Å²) in [5, 5.41) is 19.9. The standard InChI is InChI=1S/C34H40N4O5S/c1-34(2,3)43-33(40)38-17-22(13-23(38)19-42-30-6-4-5-9-41-30)37-16-21-12-26(21)28-11-20(15-35)10-27(31(28)37)25-7-8-36-29-14-24(18-39)44-32(25)29/h7-8,10-11,14,21-23,26,30,39H,4-6,9,12-13,16-19H2,1-3H3/t21-,22+,23+,26+,30+/m0/s1. The highest BCUT2D eigenvalue weighted by molar-refractivity contribution is 7.19. The van der Waals surface area contributed by atoms with Gasteiger partial charge in [0.2, 0.25) is 0 Å². The predicted molar refractivity (Wildman–Crippen MR) is 169 cm³/mol. The number of likely N-dealkylation sites (tertiary alicyclic amines) is 1. The summed E-state index contributed by atoms with van der Waals surface area (Å²) in [6.45, 7) is 8.20. The highest BCUT2D eigenvalue weighted by atomic mass is 32.1. The Hall–Kier alpha value is -3.23. The number of nitriles is 1. The van der Waals surface area contributed by atoms with Gasteiger partial charge in [0.1, 0.15) is 5.60 Å². The molecule has 1 N–H and O–H groups in total. The second-order valence-electron chi connectivity index (χ2n) is 13.6. The lowest BCUT2D eigenvalue weighted by molar-refractivity contribution is -0.168. The largest absolute Gasteiger partial charge is 0.444 e. The number of hydrogen-bond donors (Lipinski definition) is 1. The molecule has 2 saturated heterocycles. The van der Waals surface area contributed by atoms with E-state index in [1.54, 1.807) is 11.3 Å². The van der Waals surface area contributed by atoms with Gasteiger partial charge in [0.15, 0.2) is 6.29 Å². The van der Waals surface area contributed by atoms with E-state index < -0.39 is 5.60 Å². The van der Waals surface area contributed by atoms with Crippen molar-refractivity contribution in [3.63, 3.8) is 0 Å². The molecule has 3 fully saturated rings. The van der Waals surface area contributed by atoms with Crippen LogP contribution in [-0.4, -0.2) is 71.4 Å². The van der Waals surface area contributed by atoms with Crippen LogP contribution in [0.5, 0.6) is 0 Å². The van der Waals surface area contributed by atoms with Crippen molar-refractivity contribution in [2.24, 2.45) is 5.92 Å². The lowest BCUT2D eigenvalue weighted by atomic mass is 9.90. The van der Waals surface area contributed by atoms with E-state index >= 15 is 0 Å². The number of rotatable bonds is 6. The Bertz CT molecular complexity index is 1600. The Morgan fingerprint density at radius 2 is 2.07 bits per heavy atom. The third-order valence-electron chi connectivity index (χ3n) is 9.29. The van der Waals surface area contributed by atoms with E-state index in [9.17, 15) is 15.2 Å². The number of anilines is 1. The molecule has 1 saturated carbocycles. The molecule has 0 bridgehead atoms. The molecule has 1 amide bonds. The number of benzene rings is 1. The number of aromatic nitrogens is 1. The summed E-state index contributed by atoms with van der Waals surface area (Å²) in [4.78, 5) is 23.4. The predicted octanol–water partition coefficient (Wildman–Crippen LogP) is 6.17. The number of ether oxygens (including phenoxy) is 3. The Morgan fingerprint density at radius 3 is 2.82 bits per heavy atom. The van der Waals surface area contributed by atoms with E-state index in [0.717, 1.165) is 70.6 Å². The van der Waals surface area contributed by atoms with Gasteiger partial charge in [0.25, 0.3) is 0 Å². The summed E-state index contributed by atoms with van der Waals surface area (Å²) in [6.07, 6.45) is 6.13. The average Bonchev–Trinajstić information content (AvgIpc) is 3.47. The molecule has 1 aliphatic carbocycles. The van der Waals surface area contributed by atoms with Crippen LogP contribution in [0.2, 0.25) is 0 Å². The average molecular weight is 617 g/mol. The first-order valence-electron chi connectivity index (χ1n) is 15.8. The molecule has 232 valence electrons. The molecule has 3 aliphatic heterocycles. The van der Waals surface area contributed by atoms with Crippen molar-refractivity contribution in [1.29, 1.82) is 5.26 Å². The molecule has 2 aromatic heterocycles. The second-order valence-corrected chi connectivity index (χ2v) is 14.7. The van der Waals surface area contributed by atoms with Crippen LogP contribution < -0.4 is 4.90 Å². The van der Waals surface area contributed by atoms with Crippen LogP contribution >= 0.6 is 11.3 Å². The Morgan fingerprint density at radius 1 is 1.20 bits per heavy atom. The van der Waals surface area contributed by atoms with Crippen molar-refractivity contribution in [3.8, 4) is 17.2 Å². The fraction of sp³-hybridized carbons (Fsp3) is 0.559. The van der Waals surface area contributed by atoms with E-state index in [-0.39, 0.29) is 31.1 Å². The van der Waals surface area contributed by atoms with Gasteiger partial charge in [-0.15, -0.1) is 11.3 Å². The third kappa shape index (κ3) is 5.67. The Labute approximate surface area is 262 Å². The molecule has 0 spiro atoms. The summed E-state index contributed by atoms with van der Waals surface area (Å²) < 4.78 is 19.0. The molecule has 3 aromatic rings. The highest BCUT2D eigenvalue weighted by Gasteiger charge is 2.50. The van der Waals surface area contributed by atoms with Gasteiger partial charge in [-0.05, 0) is 94.5 Å². The summed E-state index contributed by atoms with van der Waals surface area (Å²) >= 11 is 1.55. The van der Waals surface area contributed by atoms with Crippen molar-refractivity contribution >= 4 is 33.3 Å². The van der Waals surface area contributed by atoms with Gasteiger partial charge in [-0.3, -0.25) is 4.98 Å².